The Kier molecular flexibility index (Phi) is 4.15. The molecule has 3 heteroatoms. The van der Waals surface area contributed by atoms with Crippen molar-refractivity contribution in [2.24, 2.45) is 5.73 Å². The Labute approximate surface area is 104 Å². The predicted molar refractivity (Wildman–Crippen MR) is 71.9 cm³/mol. The smallest absolute Gasteiger partial charge is 0.0424 e. The van der Waals surface area contributed by atoms with Crippen LogP contribution in [-0.4, -0.2) is 49.6 Å². The maximum Gasteiger partial charge on any atom is 0.0424 e. The van der Waals surface area contributed by atoms with Gasteiger partial charge in [-0.2, -0.15) is 0 Å². The zero-order valence-corrected chi connectivity index (χ0v) is 10.8. The van der Waals surface area contributed by atoms with Crippen molar-refractivity contribution >= 4 is 0 Å². The van der Waals surface area contributed by atoms with Crippen molar-refractivity contribution in [1.29, 1.82) is 0 Å². The first-order valence-electron chi connectivity index (χ1n) is 6.36. The van der Waals surface area contributed by atoms with Crippen molar-refractivity contribution in [2.45, 2.75) is 18.5 Å². The van der Waals surface area contributed by atoms with E-state index in [0.29, 0.717) is 6.04 Å². The molecule has 2 N–H and O–H groups in total. The zero-order valence-electron chi connectivity index (χ0n) is 10.8. The first-order valence-corrected chi connectivity index (χ1v) is 6.36. The van der Waals surface area contributed by atoms with E-state index in [1.165, 1.54) is 18.5 Å². The molecule has 3 nitrogen and oxygen atoms in total. The van der Waals surface area contributed by atoms with Gasteiger partial charge in [0, 0.05) is 25.2 Å². The maximum atomic E-state index is 6.24. The molecule has 1 saturated heterocycles. The fraction of sp³-hybridized carbons (Fsp3) is 0.571. The summed E-state index contributed by atoms with van der Waals surface area (Å²) in [7, 11) is 4.32. The van der Waals surface area contributed by atoms with Crippen LogP contribution in [0.4, 0.5) is 0 Å². The third-order valence-corrected chi connectivity index (χ3v) is 3.66. The molecule has 2 rings (SSSR count). The van der Waals surface area contributed by atoms with E-state index in [2.05, 4.69) is 48.2 Å². The summed E-state index contributed by atoms with van der Waals surface area (Å²) < 4.78 is 0. The SMILES string of the molecule is CN(C)C1CCN(C[C@@H](N)c2ccccc2)C1. The molecule has 2 atom stereocenters. The van der Waals surface area contributed by atoms with E-state index in [4.69, 9.17) is 5.73 Å². The van der Waals surface area contributed by atoms with Gasteiger partial charge in [0.2, 0.25) is 0 Å². The topological polar surface area (TPSA) is 32.5 Å². The van der Waals surface area contributed by atoms with E-state index in [9.17, 15) is 0 Å². The van der Waals surface area contributed by atoms with Crippen LogP contribution >= 0.6 is 0 Å². The molecule has 1 fully saturated rings. The van der Waals surface area contributed by atoms with Gasteiger partial charge in [0.1, 0.15) is 0 Å². The molecule has 0 aliphatic carbocycles. The van der Waals surface area contributed by atoms with Crippen LogP contribution in [0.1, 0.15) is 18.0 Å². The van der Waals surface area contributed by atoms with Crippen LogP contribution in [0, 0.1) is 0 Å². The average molecular weight is 233 g/mol. The zero-order chi connectivity index (χ0) is 12.3. The van der Waals surface area contributed by atoms with Crippen molar-refractivity contribution < 1.29 is 0 Å². The molecule has 1 aliphatic rings. The third-order valence-electron chi connectivity index (χ3n) is 3.66. The fourth-order valence-corrected chi connectivity index (χ4v) is 2.48. The van der Waals surface area contributed by atoms with E-state index in [-0.39, 0.29) is 6.04 Å². The lowest BCUT2D eigenvalue weighted by atomic mass is 10.1. The largest absolute Gasteiger partial charge is 0.323 e. The lowest BCUT2D eigenvalue weighted by Gasteiger charge is -2.23. The minimum absolute atomic E-state index is 0.136. The highest BCUT2D eigenvalue weighted by Gasteiger charge is 2.25. The molecule has 0 spiro atoms. The van der Waals surface area contributed by atoms with Gasteiger partial charge in [0.25, 0.3) is 0 Å². The monoisotopic (exact) mass is 233 g/mol. The molecule has 1 unspecified atom stereocenters. The molecule has 0 bridgehead atoms. The van der Waals surface area contributed by atoms with Gasteiger partial charge < -0.3 is 10.6 Å². The van der Waals surface area contributed by atoms with Gasteiger partial charge in [-0.15, -0.1) is 0 Å². The molecular weight excluding hydrogens is 210 g/mol. The summed E-state index contributed by atoms with van der Waals surface area (Å²) in [6.07, 6.45) is 1.26. The first-order chi connectivity index (χ1) is 8.16. The Bertz CT molecular complexity index is 337. The highest BCUT2D eigenvalue weighted by Crippen LogP contribution is 2.17. The van der Waals surface area contributed by atoms with Crippen molar-refractivity contribution in [3.63, 3.8) is 0 Å². The Balaban J connectivity index is 1.86. The van der Waals surface area contributed by atoms with Crippen molar-refractivity contribution in [3.05, 3.63) is 35.9 Å². The van der Waals surface area contributed by atoms with E-state index in [0.717, 1.165) is 13.1 Å². The van der Waals surface area contributed by atoms with Crippen LogP contribution in [0.2, 0.25) is 0 Å². The highest BCUT2D eigenvalue weighted by molar-refractivity contribution is 5.18. The lowest BCUT2D eigenvalue weighted by Crippen LogP contribution is -2.34. The quantitative estimate of drug-likeness (QED) is 0.851. The second-order valence-electron chi connectivity index (χ2n) is 5.18. The molecule has 94 valence electrons. The standard InChI is InChI=1S/C14H23N3/c1-16(2)13-8-9-17(10-13)11-14(15)12-6-4-3-5-7-12/h3-7,13-14H,8-11,15H2,1-2H3/t13?,14-/m1/s1. The van der Waals surface area contributed by atoms with Gasteiger partial charge >= 0.3 is 0 Å². The summed E-state index contributed by atoms with van der Waals surface area (Å²) in [4.78, 5) is 4.79. The number of likely N-dealkylation sites (tertiary alicyclic amines) is 1. The number of nitrogens with two attached hydrogens (primary N) is 1. The second kappa shape index (κ2) is 5.63. The minimum Gasteiger partial charge on any atom is -0.323 e. The lowest BCUT2D eigenvalue weighted by molar-refractivity contribution is 0.260. The van der Waals surface area contributed by atoms with Gasteiger partial charge in [-0.25, -0.2) is 0 Å². The third kappa shape index (κ3) is 3.28. The van der Waals surface area contributed by atoms with Gasteiger partial charge in [-0.1, -0.05) is 30.3 Å². The Hall–Kier alpha value is -0.900. The molecule has 0 radical (unpaired) electrons. The molecule has 1 aromatic rings. The number of hydrogen-bond donors (Lipinski definition) is 1. The normalized spacial score (nSPS) is 23.2. The molecule has 1 heterocycles. The van der Waals surface area contributed by atoms with E-state index >= 15 is 0 Å². The van der Waals surface area contributed by atoms with E-state index in [1.807, 2.05) is 6.07 Å². The number of likely N-dealkylation sites (N-methyl/N-ethyl adjacent to an activating group) is 1. The number of rotatable bonds is 4. The van der Waals surface area contributed by atoms with E-state index < -0.39 is 0 Å². The Morgan fingerprint density at radius 1 is 1.35 bits per heavy atom. The Morgan fingerprint density at radius 3 is 2.65 bits per heavy atom. The van der Waals surface area contributed by atoms with Crippen LogP contribution in [0.25, 0.3) is 0 Å². The highest BCUT2D eigenvalue weighted by atomic mass is 15.2. The summed E-state index contributed by atoms with van der Waals surface area (Å²) in [5.74, 6) is 0. The summed E-state index contributed by atoms with van der Waals surface area (Å²) >= 11 is 0. The summed E-state index contributed by atoms with van der Waals surface area (Å²) in [6.45, 7) is 3.28. The first kappa shape index (κ1) is 12.6. The van der Waals surface area contributed by atoms with Crippen molar-refractivity contribution in [2.75, 3.05) is 33.7 Å². The summed E-state index contributed by atoms with van der Waals surface area (Å²) in [5.41, 5.74) is 7.48. The van der Waals surface area contributed by atoms with Crippen LogP contribution in [0.15, 0.2) is 30.3 Å². The number of nitrogens with zero attached hydrogens (tertiary/aromatic N) is 2. The van der Waals surface area contributed by atoms with Gasteiger partial charge in [-0.3, -0.25) is 4.90 Å². The summed E-state index contributed by atoms with van der Waals surface area (Å²) in [6, 6.07) is 11.2. The number of hydrogen-bond acceptors (Lipinski definition) is 3. The molecule has 17 heavy (non-hydrogen) atoms. The number of benzene rings is 1. The fourth-order valence-electron chi connectivity index (χ4n) is 2.48. The van der Waals surface area contributed by atoms with Crippen LogP contribution in [0.3, 0.4) is 0 Å². The molecule has 0 amide bonds. The Morgan fingerprint density at radius 2 is 2.06 bits per heavy atom. The van der Waals surface area contributed by atoms with Crippen molar-refractivity contribution in [3.8, 4) is 0 Å². The van der Waals surface area contributed by atoms with Crippen LogP contribution in [0.5, 0.6) is 0 Å². The second-order valence-corrected chi connectivity index (χ2v) is 5.18. The van der Waals surface area contributed by atoms with Crippen LogP contribution in [-0.2, 0) is 0 Å². The van der Waals surface area contributed by atoms with Crippen molar-refractivity contribution in [1.82, 2.24) is 9.80 Å². The maximum absolute atomic E-state index is 6.24. The average Bonchev–Trinajstić information content (AvgIpc) is 2.79. The molecule has 0 aromatic heterocycles. The molecular formula is C14H23N3. The van der Waals surface area contributed by atoms with E-state index in [1.54, 1.807) is 0 Å². The molecule has 1 aromatic carbocycles. The van der Waals surface area contributed by atoms with Crippen LogP contribution < -0.4 is 5.73 Å². The minimum atomic E-state index is 0.136. The summed E-state index contributed by atoms with van der Waals surface area (Å²) in [5, 5.41) is 0. The van der Waals surface area contributed by atoms with Gasteiger partial charge in [0.15, 0.2) is 0 Å². The van der Waals surface area contributed by atoms with Gasteiger partial charge in [0.05, 0.1) is 0 Å². The van der Waals surface area contributed by atoms with Gasteiger partial charge in [-0.05, 0) is 32.6 Å². The molecule has 1 aliphatic heterocycles. The molecule has 0 saturated carbocycles. The predicted octanol–water partition coefficient (Wildman–Crippen LogP) is 1.32.